The largest absolute Gasteiger partial charge is 0.493 e. The Balaban J connectivity index is 1.41. The number of nitrogen functional groups attached to an aromatic ring is 1. The van der Waals surface area contributed by atoms with Crippen LogP contribution < -0.4 is 15.8 Å². The van der Waals surface area contributed by atoms with Crippen molar-refractivity contribution in [2.45, 2.75) is 25.9 Å². The molecule has 3 rings (SSSR count). The number of hydrogen-bond acceptors (Lipinski definition) is 5. The minimum atomic E-state index is -0.447. The standard InChI is InChI=1S/C20H25ClFN3O2/c1-13-7-15(25-20(23)8-13)9-14-11-24-12-19(14)27-6-2-5-26-16-3-4-18(22)17(21)10-16/h3-4,7-8,10,14,19,24H,2,5-6,9,11-12H2,1H3,(H2,23,25)/t14-,19+/m1/s1. The molecule has 1 aromatic carbocycles. The molecule has 0 amide bonds. The molecule has 3 N–H and O–H groups in total. The summed E-state index contributed by atoms with van der Waals surface area (Å²) in [6, 6.07) is 8.30. The first kappa shape index (κ1) is 19.9. The second kappa shape index (κ2) is 9.35. The van der Waals surface area contributed by atoms with Crippen LogP contribution in [0.2, 0.25) is 5.02 Å². The van der Waals surface area contributed by atoms with Gasteiger partial charge >= 0.3 is 0 Å². The SMILES string of the molecule is Cc1cc(N)nc(C[C@@H]2CNC[C@@H]2OCCCOc2ccc(F)c(Cl)c2)c1. The lowest BCUT2D eigenvalue weighted by molar-refractivity contribution is 0.0312. The van der Waals surface area contributed by atoms with Gasteiger partial charge in [-0.3, -0.25) is 0 Å². The molecule has 5 nitrogen and oxygen atoms in total. The van der Waals surface area contributed by atoms with E-state index in [-0.39, 0.29) is 11.1 Å². The van der Waals surface area contributed by atoms with Gasteiger partial charge in [0.05, 0.1) is 24.3 Å². The van der Waals surface area contributed by atoms with Crippen molar-refractivity contribution in [3.05, 3.63) is 52.4 Å². The predicted molar refractivity (Wildman–Crippen MR) is 105 cm³/mol. The summed E-state index contributed by atoms with van der Waals surface area (Å²) in [5.41, 5.74) is 7.98. The van der Waals surface area contributed by atoms with Crippen molar-refractivity contribution in [1.82, 2.24) is 10.3 Å². The van der Waals surface area contributed by atoms with Crippen molar-refractivity contribution in [3.63, 3.8) is 0 Å². The van der Waals surface area contributed by atoms with E-state index < -0.39 is 5.82 Å². The Morgan fingerprint density at radius 1 is 1.26 bits per heavy atom. The summed E-state index contributed by atoms with van der Waals surface area (Å²) in [6.07, 6.45) is 1.73. The number of ether oxygens (including phenoxy) is 2. The number of benzene rings is 1. The normalized spacial score (nSPS) is 19.4. The topological polar surface area (TPSA) is 69.4 Å². The third-order valence-corrected chi connectivity index (χ3v) is 4.86. The number of nitrogens with zero attached hydrogens (tertiary/aromatic N) is 1. The molecule has 2 atom stereocenters. The quantitative estimate of drug-likeness (QED) is 0.673. The fourth-order valence-electron chi connectivity index (χ4n) is 3.30. The second-order valence-electron chi connectivity index (χ2n) is 6.87. The van der Waals surface area contributed by atoms with E-state index >= 15 is 0 Å². The third-order valence-electron chi connectivity index (χ3n) is 4.57. The van der Waals surface area contributed by atoms with Crippen LogP contribution in [-0.2, 0) is 11.2 Å². The fraction of sp³-hybridized carbons (Fsp3) is 0.450. The number of hydrogen-bond donors (Lipinski definition) is 2. The first-order chi connectivity index (χ1) is 13.0. The van der Waals surface area contributed by atoms with Crippen molar-refractivity contribution in [3.8, 4) is 5.75 Å². The van der Waals surface area contributed by atoms with Crippen molar-refractivity contribution in [2.75, 3.05) is 32.0 Å². The summed E-state index contributed by atoms with van der Waals surface area (Å²) in [4.78, 5) is 4.43. The molecule has 1 aliphatic rings. The lowest BCUT2D eigenvalue weighted by Crippen LogP contribution is -2.25. The van der Waals surface area contributed by atoms with Gasteiger partial charge in [-0.1, -0.05) is 11.6 Å². The van der Waals surface area contributed by atoms with Gasteiger partial charge in [-0.25, -0.2) is 9.37 Å². The molecular formula is C20H25ClFN3O2. The van der Waals surface area contributed by atoms with Crippen molar-refractivity contribution in [1.29, 1.82) is 0 Å². The minimum absolute atomic E-state index is 0.0639. The van der Waals surface area contributed by atoms with E-state index in [4.69, 9.17) is 26.8 Å². The zero-order valence-electron chi connectivity index (χ0n) is 15.4. The molecule has 7 heteroatoms. The molecule has 1 fully saturated rings. The van der Waals surface area contributed by atoms with Gasteiger partial charge in [-0.2, -0.15) is 0 Å². The molecule has 1 saturated heterocycles. The number of aryl methyl sites for hydroxylation is 1. The van der Waals surface area contributed by atoms with E-state index in [9.17, 15) is 4.39 Å². The van der Waals surface area contributed by atoms with Crippen LogP contribution in [0.4, 0.5) is 10.2 Å². The number of aromatic nitrogens is 1. The van der Waals surface area contributed by atoms with E-state index in [1.54, 1.807) is 6.07 Å². The predicted octanol–water partition coefficient (Wildman–Crippen LogP) is 3.38. The van der Waals surface area contributed by atoms with E-state index in [1.165, 1.54) is 12.1 Å². The first-order valence-corrected chi connectivity index (χ1v) is 9.52. The van der Waals surface area contributed by atoms with Crippen LogP contribution >= 0.6 is 11.6 Å². The number of halogens is 2. The van der Waals surface area contributed by atoms with Crippen LogP contribution in [0.25, 0.3) is 0 Å². The van der Waals surface area contributed by atoms with Gasteiger partial charge in [0.25, 0.3) is 0 Å². The van der Waals surface area contributed by atoms with E-state index in [0.29, 0.717) is 30.7 Å². The summed E-state index contributed by atoms with van der Waals surface area (Å²) in [6.45, 7) is 4.85. The van der Waals surface area contributed by atoms with Gasteiger partial charge < -0.3 is 20.5 Å². The first-order valence-electron chi connectivity index (χ1n) is 9.14. The maximum atomic E-state index is 13.1. The van der Waals surface area contributed by atoms with Crippen LogP contribution in [0.15, 0.2) is 30.3 Å². The van der Waals surface area contributed by atoms with E-state index in [2.05, 4.69) is 16.4 Å². The lowest BCUT2D eigenvalue weighted by Gasteiger charge is -2.19. The molecule has 0 unspecified atom stereocenters. The average molecular weight is 394 g/mol. The van der Waals surface area contributed by atoms with E-state index in [0.717, 1.165) is 37.2 Å². The zero-order chi connectivity index (χ0) is 19.2. The highest BCUT2D eigenvalue weighted by Gasteiger charge is 2.28. The maximum Gasteiger partial charge on any atom is 0.142 e. The number of nitrogens with two attached hydrogens (primary N) is 1. The Bertz CT molecular complexity index is 755. The number of nitrogens with one attached hydrogen (secondary N) is 1. The maximum absolute atomic E-state index is 13.1. The van der Waals surface area contributed by atoms with Crippen LogP contribution in [0.5, 0.6) is 5.75 Å². The monoisotopic (exact) mass is 393 g/mol. The summed E-state index contributed by atoms with van der Waals surface area (Å²) >= 11 is 5.74. The fourth-order valence-corrected chi connectivity index (χ4v) is 3.47. The van der Waals surface area contributed by atoms with Gasteiger partial charge in [0, 0.05) is 37.2 Å². The molecule has 0 saturated carbocycles. The van der Waals surface area contributed by atoms with Gasteiger partial charge in [0.2, 0.25) is 0 Å². The van der Waals surface area contributed by atoms with Crippen LogP contribution in [0.3, 0.4) is 0 Å². The van der Waals surface area contributed by atoms with Gasteiger partial charge in [-0.05, 0) is 43.2 Å². The number of pyridine rings is 1. The summed E-state index contributed by atoms with van der Waals surface area (Å²) in [7, 11) is 0. The molecule has 0 aliphatic carbocycles. The average Bonchev–Trinajstić information content (AvgIpc) is 3.04. The van der Waals surface area contributed by atoms with Crippen molar-refractivity contribution < 1.29 is 13.9 Å². The van der Waals surface area contributed by atoms with Gasteiger partial charge in [-0.15, -0.1) is 0 Å². The lowest BCUT2D eigenvalue weighted by atomic mass is 9.99. The molecule has 1 aromatic heterocycles. The molecule has 2 aromatic rings. The molecule has 0 bridgehead atoms. The Morgan fingerprint density at radius 3 is 2.89 bits per heavy atom. The summed E-state index contributed by atoms with van der Waals surface area (Å²) < 4.78 is 24.8. The molecule has 2 heterocycles. The van der Waals surface area contributed by atoms with Crippen molar-refractivity contribution >= 4 is 17.4 Å². The zero-order valence-corrected chi connectivity index (χ0v) is 16.1. The Hall–Kier alpha value is -1.89. The summed E-state index contributed by atoms with van der Waals surface area (Å²) in [5, 5.41) is 3.45. The Morgan fingerprint density at radius 2 is 2.11 bits per heavy atom. The molecule has 27 heavy (non-hydrogen) atoms. The van der Waals surface area contributed by atoms with Gasteiger partial charge in [0.1, 0.15) is 17.4 Å². The van der Waals surface area contributed by atoms with Crippen LogP contribution in [0.1, 0.15) is 17.7 Å². The highest BCUT2D eigenvalue weighted by molar-refractivity contribution is 6.30. The van der Waals surface area contributed by atoms with Gasteiger partial charge in [0.15, 0.2) is 0 Å². The highest BCUT2D eigenvalue weighted by atomic mass is 35.5. The molecule has 146 valence electrons. The summed E-state index contributed by atoms with van der Waals surface area (Å²) in [5.74, 6) is 1.05. The Labute approximate surface area is 164 Å². The van der Waals surface area contributed by atoms with E-state index in [1.807, 2.05) is 13.0 Å². The Kier molecular flexibility index (Phi) is 6.88. The molecule has 1 aliphatic heterocycles. The second-order valence-corrected chi connectivity index (χ2v) is 7.28. The number of anilines is 1. The highest BCUT2D eigenvalue weighted by Crippen LogP contribution is 2.22. The van der Waals surface area contributed by atoms with Crippen molar-refractivity contribution in [2.24, 2.45) is 5.92 Å². The third kappa shape index (κ3) is 5.79. The number of rotatable bonds is 8. The molecule has 0 radical (unpaired) electrons. The minimum Gasteiger partial charge on any atom is -0.493 e. The smallest absolute Gasteiger partial charge is 0.142 e. The molecule has 0 spiro atoms. The van der Waals surface area contributed by atoms with Crippen LogP contribution in [0, 0.1) is 18.7 Å². The van der Waals surface area contributed by atoms with Crippen LogP contribution in [-0.4, -0.2) is 37.4 Å². The molecular weight excluding hydrogens is 369 g/mol.